The molecule has 0 aromatic heterocycles. The number of carbonyl (C=O) groups excluding carboxylic acids is 2. The maximum Gasteiger partial charge on any atom is 0.279 e. The van der Waals surface area contributed by atoms with Crippen molar-refractivity contribution in [3.8, 4) is 11.5 Å². The van der Waals surface area contributed by atoms with Crippen LogP contribution in [0.3, 0.4) is 0 Å². The number of nitrogens with one attached hydrogen (secondary N) is 2. The number of phenolic OH excluding ortho intramolecular Hbond substituents is 1. The van der Waals surface area contributed by atoms with Crippen molar-refractivity contribution in [2.24, 2.45) is 0 Å². The molecule has 8 heteroatoms. The van der Waals surface area contributed by atoms with Crippen LogP contribution in [0.1, 0.15) is 29.0 Å². The highest BCUT2D eigenvalue weighted by atomic mass is 79.9. The molecule has 0 aliphatic carbocycles. The van der Waals surface area contributed by atoms with Crippen LogP contribution in [0.5, 0.6) is 11.5 Å². The Morgan fingerprint density at radius 3 is 2.60 bits per heavy atom. The van der Waals surface area contributed by atoms with Gasteiger partial charge in [-0.05, 0) is 54.3 Å². The van der Waals surface area contributed by atoms with Gasteiger partial charge in [-0.15, -0.1) is 0 Å². The molecule has 7 nitrogen and oxygen atoms in total. The van der Waals surface area contributed by atoms with Crippen LogP contribution in [-0.4, -0.2) is 28.0 Å². The van der Waals surface area contributed by atoms with Gasteiger partial charge in [0.2, 0.25) is 0 Å². The summed E-state index contributed by atoms with van der Waals surface area (Å²) >= 11 is 3.40. The van der Waals surface area contributed by atoms with Crippen LogP contribution < -0.4 is 15.5 Å². The molecule has 1 heterocycles. The third-order valence-electron chi connectivity index (χ3n) is 5.84. The van der Waals surface area contributed by atoms with Gasteiger partial charge in [-0.1, -0.05) is 64.5 Å². The molecule has 2 unspecified atom stereocenters. The molecule has 1 aliphatic heterocycles. The minimum Gasteiger partial charge on any atom is -0.508 e. The molecular formula is C27H22BrN3O4. The van der Waals surface area contributed by atoms with Crippen molar-refractivity contribution in [3.05, 3.63) is 101 Å². The summed E-state index contributed by atoms with van der Waals surface area (Å²) in [4.78, 5) is 26.7. The van der Waals surface area contributed by atoms with Gasteiger partial charge in [0.15, 0.2) is 6.10 Å². The van der Waals surface area contributed by atoms with Gasteiger partial charge in [0.05, 0.1) is 5.56 Å². The summed E-state index contributed by atoms with van der Waals surface area (Å²) in [6, 6.07) is 25.2. The van der Waals surface area contributed by atoms with Gasteiger partial charge in [-0.3, -0.25) is 15.0 Å². The van der Waals surface area contributed by atoms with E-state index in [0.717, 1.165) is 15.2 Å². The average Bonchev–Trinajstić information content (AvgIpc) is 2.86. The lowest BCUT2D eigenvalue weighted by molar-refractivity contribution is -0.132. The van der Waals surface area contributed by atoms with Crippen LogP contribution in [0.2, 0.25) is 0 Å². The second kappa shape index (κ2) is 9.31. The fourth-order valence-corrected chi connectivity index (χ4v) is 4.40. The Hall–Kier alpha value is -4.04. The molecule has 5 rings (SSSR count). The summed E-state index contributed by atoms with van der Waals surface area (Å²) in [6.07, 6.45) is -1.57. The highest BCUT2D eigenvalue weighted by Gasteiger charge is 2.35. The highest BCUT2D eigenvalue weighted by molar-refractivity contribution is 9.10. The number of carbonyl (C=O) groups is 2. The number of hydrogen-bond acceptors (Lipinski definition) is 5. The van der Waals surface area contributed by atoms with Crippen LogP contribution in [0, 0.1) is 0 Å². The van der Waals surface area contributed by atoms with Crippen molar-refractivity contribution in [3.63, 3.8) is 0 Å². The number of nitrogens with zero attached hydrogens (tertiary/aromatic N) is 1. The number of ether oxygens (including phenoxy) is 1. The summed E-state index contributed by atoms with van der Waals surface area (Å²) in [6.45, 7) is 1.64. The maximum atomic E-state index is 13.5. The SMILES string of the molecule is CC(Oc1cccc2ccccc12)C(=O)NN1C(=O)c2cc(Br)ccc2NC1c1ccc(O)cc1. The fourth-order valence-electron chi connectivity index (χ4n) is 4.03. The Kier molecular flexibility index (Phi) is 6.05. The van der Waals surface area contributed by atoms with Gasteiger partial charge < -0.3 is 15.2 Å². The van der Waals surface area contributed by atoms with Crippen LogP contribution in [0.25, 0.3) is 10.8 Å². The number of anilines is 1. The lowest BCUT2D eigenvalue weighted by Crippen LogP contribution is -2.55. The van der Waals surface area contributed by atoms with Crippen molar-refractivity contribution in [2.75, 3.05) is 5.32 Å². The van der Waals surface area contributed by atoms with E-state index in [-0.39, 0.29) is 11.7 Å². The van der Waals surface area contributed by atoms with Crippen LogP contribution in [0.15, 0.2) is 89.4 Å². The summed E-state index contributed by atoms with van der Waals surface area (Å²) in [7, 11) is 0. The molecule has 0 saturated heterocycles. The maximum absolute atomic E-state index is 13.5. The Bertz CT molecular complexity index is 1420. The second-order valence-corrected chi connectivity index (χ2v) is 9.13. The zero-order valence-electron chi connectivity index (χ0n) is 18.7. The molecule has 2 amide bonds. The Morgan fingerprint density at radius 2 is 1.80 bits per heavy atom. The molecule has 0 radical (unpaired) electrons. The smallest absolute Gasteiger partial charge is 0.279 e. The Morgan fingerprint density at radius 1 is 1.06 bits per heavy atom. The van der Waals surface area contributed by atoms with Crippen molar-refractivity contribution >= 4 is 44.2 Å². The van der Waals surface area contributed by atoms with E-state index < -0.39 is 18.2 Å². The van der Waals surface area contributed by atoms with E-state index in [4.69, 9.17) is 4.74 Å². The standard InChI is InChI=1S/C27H22BrN3O4/c1-16(35-24-8-4-6-17-5-2-3-7-21(17)24)26(33)30-31-25(18-9-12-20(32)13-10-18)29-23-14-11-19(28)15-22(23)27(31)34/h2-16,25,29,32H,1H3,(H,30,33). The average molecular weight is 532 g/mol. The largest absolute Gasteiger partial charge is 0.508 e. The van der Waals surface area contributed by atoms with Crippen molar-refractivity contribution < 1.29 is 19.4 Å². The minimum atomic E-state index is -0.877. The van der Waals surface area contributed by atoms with E-state index in [1.807, 2.05) is 48.5 Å². The van der Waals surface area contributed by atoms with E-state index in [1.165, 1.54) is 17.1 Å². The molecular weight excluding hydrogens is 510 g/mol. The quantitative estimate of drug-likeness (QED) is 0.322. The van der Waals surface area contributed by atoms with E-state index in [2.05, 4.69) is 26.7 Å². The molecule has 35 heavy (non-hydrogen) atoms. The van der Waals surface area contributed by atoms with Gasteiger partial charge in [0.1, 0.15) is 17.7 Å². The zero-order valence-corrected chi connectivity index (χ0v) is 20.3. The first kappa shape index (κ1) is 22.7. The topological polar surface area (TPSA) is 90.9 Å². The second-order valence-electron chi connectivity index (χ2n) is 8.22. The summed E-state index contributed by atoms with van der Waals surface area (Å²) in [5, 5.41) is 16.2. The van der Waals surface area contributed by atoms with E-state index in [0.29, 0.717) is 22.6 Å². The number of hydrogen-bond donors (Lipinski definition) is 3. The number of halogens is 1. The monoisotopic (exact) mass is 531 g/mol. The fraction of sp³-hybridized carbons (Fsp3) is 0.111. The predicted molar refractivity (Wildman–Crippen MR) is 137 cm³/mol. The first-order valence-corrected chi connectivity index (χ1v) is 11.8. The molecule has 0 spiro atoms. The molecule has 1 aliphatic rings. The molecule has 176 valence electrons. The molecule has 0 saturated carbocycles. The Balaban J connectivity index is 1.43. The molecule has 0 bridgehead atoms. The van der Waals surface area contributed by atoms with E-state index in [1.54, 1.807) is 31.2 Å². The molecule has 4 aromatic carbocycles. The number of benzene rings is 4. The van der Waals surface area contributed by atoms with Crippen LogP contribution >= 0.6 is 15.9 Å². The zero-order chi connectivity index (χ0) is 24.5. The Labute approximate surface area is 210 Å². The number of phenols is 1. The number of hydrazine groups is 1. The summed E-state index contributed by atoms with van der Waals surface area (Å²) in [5.74, 6) is -0.162. The molecule has 0 fully saturated rings. The number of fused-ring (bicyclic) bond motifs is 2. The van der Waals surface area contributed by atoms with Gasteiger partial charge >= 0.3 is 0 Å². The van der Waals surface area contributed by atoms with E-state index >= 15 is 0 Å². The van der Waals surface area contributed by atoms with Gasteiger partial charge in [0.25, 0.3) is 11.8 Å². The van der Waals surface area contributed by atoms with Crippen molar-refractivity contribution in [2.45, 2.75) is 19.2 Å². The molecule has 4 aromatic rings. The number of aromatic hydroxyl groups is 1. The van der Waals surface area contributed by atoms with Crippen molar-refractivity contribution in [1.29, 1.82) is 0 Å². The predicted octanol–water partition coefficient (Wildman–Crippen LogP) is 5.37. The third kappa shape index (κ3) is 4.52. The third-order valence-corrected chi connectivity index (χ3v) is 6.34. The highest BCUT2D eigenvalue weighted by Crippen LogP contribution is 2.34. The number of amides is 2. The van der Waals surface area contributed by atoms with Crippen molar-refractivity contribution in [1.82, 2.24) is 10.4 Å². The molecule has 2 atom stereocenters. The minimum absolute atomic E-state index is 0.105. The van der Waals surface area contributed by atoms with Gasteiger partial charge in [-0.2, -0.15) is 0 Å². The van der Waals surface area contributed by atoms with Crippen LogP contribution in [0.4, 0.5) is 5.69 Å². The summed E-state index contributed by atoms with van der Waals surface area (Å²) < 4.78 is 6.74. The lowest BCUT2D eigenvalue weighted by atomic mass is 10.0. The van der Waals surface area contributed by atoms with Crippen LogP contribution in [-0.2, 0) is 4.79 Å². The molecule has 3 N–H and O–H groups in total. The number of rotatable bonds is 5. The van der Waals surface area contributed by atoms with Gasteiger partial charge in [-0.25, -0.2) is 5.01 Å². The first-order chi connectivity index (χ1) is 16.9. The van der Waals surface area contributed by atoms with Gasteiger partial charge in [0, 0.05) is 15.5 Å². The normalized spacial score (nSPS) is 15.8. The first-order valence-electron chi connectivity index (χ1n) is 11.0. The van der Waals surface area contributed by atoms with E-state index in [9.17, 15) is 14.7 Å². The summed E-state index contributed by atoms with van der Waals surface area (Å²) in [5.41, 5.74) is 4.48. The lowest BCUT2D eigenvalue weighted by Gasteiger charge is -2.38.